The maximum absolute atomic E-state index is 13.8. The van der Waals surface area contributed by atoms with Crippen LogP contribution in [-0.4, -0.2) is 11.7 Å². The number of halogens is 1. The molecular formula is C16H18FNO2. The molecule has 1 unspecified atom stereocenters. The van der Waals surface area contributed by atoms with Gasteiger partial charge in [0.2, 0.25) is 0 Å². The molecule has 0 heterocycles. The van der Waals surface area contributed by atoms with Crippen molar-refractivity contribution >= 4 is 5.69 Å². The van der Waals surface area contributed by atoms with E-state index in [-0.39, 0.29) is 11.8 Å². The molecule has 3 nitrogen and oxygen atoms in total. The molecule has 0 aromatic heterocycles. The van der Waals surface area contributed by atoms with E-state index in [4.69, 9.17) is 4.74 Å². The molecule has 2 aromatic rings. The number of nitrogens with one attached hydrogen (secondary N) is 1. The fourth-order valence-corrected chi connectivity index (χ4v) is 2.04. The van der Waals surface area contributed by atoms with Crippen molar-refractivity contribution in [2.24, 2.45) is 0 Å². The Balaban J connectivity index is 2.14. The summed E-state index contributed by atoms with van der Waals surface area (Å²) in [5.41, 5.74) is 1.36. The normalized spacial score (nSPS) is 11.9. The highest BCUT2D eigenvalue weighted by molar-refractivity contribution is 5.50. The van der Waals surface area contributed by atoms with Crippen LogP contribution in [0.5, 0.6) is 11.5 Å². The molecule has 4 heteroatoms. The van der Waals surface area contributed by atoms with Crippen LogP contribution in [0.1, 0.15) is 25.5 Å². The average Bonchev–Trinajstić information content (AvgIpc) is 2.39. The second-order valence-corrected chi connectivity index (χ2v) is 4.53. The quantitative estimate of drug-likeness (QED) is 0.863. The highest BCUT2D eigenvalue weighted by Gasteiger charge is 2.11. The molecule has 0 fully saturated rings. The summed E-state index contributed by atoms with van der Waals surface area (Å²) in [5.74, 6) is 0.277. The van der Waals surface area contributed by atoms with Gasteiger partial charge in [-0.15, -0.1) is 0 Å². The minimum absolute atomic E-state index is 0.0724. The Morgan fingerprint density at radius 2 is 2.05 bits per heavy atom. The van der Waals surface area contributed by atoms with Crippen LogP contribution in [0.25, 0.3) is 0 Å². The Kier molecular flexibility index (Phi) is 4.45. The lowest BCUT2D eigenvalue weighted by Crippen LogP contribution is -2.08. The lowest BCUT2D eigenvalue weighted by molar-refractivity contribution is 0.340. The molecule has 2 aromatic carbocycles. The predicted octanol–water partition coefficient (Wildman–Crippen LogP) is 4.10. The number of phenolic OH excluding ortho intramolecular Hbond substituents is 1. The molecule has 1 atom stereocenters. The molecular weight excluding hydrogens is 257 g/mol. The second kappa shape index (κ2) is 6.28. The van der Waals surface area contributed by atoms with E-state index < -0.39 is 5.82 Å². The number of ether oxygens (including phenoxy) is 1. The third-order valence-corrected chi connectivity index (χ3v) is 2.98. The molecule has 0 spiro atoms. The Bertz CT molecular complexity index is 586. The largest absolute Gasteiger partial charge is 0.508 e. The van der Waals surface area contributed by atoms with Crippen molar-refractivity contribution in [3.05, 3.63) is 53.8 Å². The summed E-state index contributed by atoms with van der Waals surface area (Å²) in [5, 5.41) is 12.4. The van der Waals surface area contributed by atoms with Crippen molar-refractivity contribution in [1.29, 1.82) is 0 Å². The first-order valence-corrected chi connectivity index (χ1v) is 6.58. The van der Waals surface area contributed by atoms with Crippen molar-refractivity contribution in [3.8, 4) is 11.5 Å². The van der Waals surface area contributed by atoms with Crippen molar-refractivity contribution < 1.29 is 14.2 Å². The molecule has 0 bridgehead atoms. The maximum Gasteiger partial charge on any atom is 0.132 e. The predicted molar refractivity (Wildman–Crippen MR) is 77.7 cm³/mol. The van der Waals surface area contributed by atoms with Gasteiger partial charge in [0.15, 0.2) is 0 Å². The van der Waals surface area contributed by atoms with Gasteiger partial charge in [-0.05, 0) is 32.0 Å². The highest BCUT2D eigenvalue weighted by Crippen LogP contribution is 2.26. The first-order chi connectivity index (χ1) is 9.60. The lowest BCUT2D eigenvalue weighted by atomic mass is 10.1. The van der Waals surface area contributed by atoms with E-state index in [0.717, 1.165) is 17.5 Å². The Morgan fingerprint density at radius 1 is 1.25 bits per heavy atom. The molecule has 0 saturated carbocycles. The summed E-state index contributed by atoms with van der Waals surface area (Å²) in [6, 6.07) is 11.5. The van der Waals surface area contributed by atoms with Crippen LogP contribution in [-0.2, 0) is 0 Å². The van der Waals surface area contributed by atoms with Crippen LogP contribution in [0.2, 0.25) is 0 Å². The van der Waals surface area contributed by atoms with Crippen molar-refractivity contribution in [1.82, 2.24) is 0 Å². The van der Waals surface area contributed by atoms with Gasteiger partial charge in [-0.25, -0.2) is 4.39 Å². The Labute approximate surface area is 118 Å². The van der Waals surface area contributed by atoms with Gasteiger partial charge < -0.3 is 15.2 Å². The Hall–Kier alpha value is -2.23. The van der Waals surface area contributed by atoms with Gasteiger partial charge in [-0.2, -0.15) is 0 Å². The van der Waals surface area contributed by atoms with Gasteiger partial charge in [0.25, 0.3) is 0 Å². The van der Waals surface area contributed by atoms with Crippen molar-refractivity contribution in [2.45, 2.75) is 19.9 Å². The van der Waals surface area contributed by atoms with E-state index in [1.54, 1.807) is 6.07 Å². The van der Waals surface area contributed by atoms with Gasteiger partial charge in [0.05, 0.1) is 12.6 Å². The number of anilines is 1. The van der Waals surface area contributed by atoms with Gasteiger partial charge in [-0.3, -0.25) is 0 Å². The summed E-state index contributed by atoms with van der Waals surface area (Å²) in [6.07, 6.45) is 0. The monoisotopic (exact) mass is 275 g/mol. The fourth-order valence-electron chi connectivity index (χ4n) is 2.04. The molecule has 0 aliphatic rings. The zero-order chi connectivity index (χ0) is 14.5. The molecule has 20 heavy (non-hydrogen) atoms. The van der Waals surface area contributed by atoms with Crippen LogP contribution in [0.3, 0.4) is 0 Å². The molecule has 106 valence electrons. The van der Waals surface area contributed by atoms with Gasteiger partial charge in [0, 0.05) is 23.4 Å². The van der Waals surface area contributed by atoms with Gasteiger partial charge >= 0.3 is 0 Å². The summed E-state index contributed by atoms with van der Waals surface area (Å²) in [4.78, 5) is 0. The Morgan fingerprint density at radius 3 is 2.75 bits per heavy atom. The van der Waals surface area contributed by atoms with E-state index in [0.29, 0.717) is 12.2 Å². The number of hydrogen-bond acceptors (Lipinski definition) is 3. The minimum atomic E-state index is -0.425. The smallest absolute Gasteiger partial charge is 0.132 e. The number of hydrogen-bond donors (Lipinski definition) is 2. The van der Waals surface area contributed by atoms with Crippen LogP contribution in [0.4, 0.5) is 10.1 Å². The number of phenols is 1. The zero-order valence-electron chi connectivity index (χ0n) is 11.6. The summed E-state index contributed by atoms with van der Waals surface area (Å²) < 4.78 is 19.2. The van der Waals surface area contributed by atoms with Crippen LogP contribution >= 0.6 is 0 Å². The molecule has 0 aliphatic carbocycles. The first kappa shape index (κ1) is 14.2. The van der Waals surface area contributed by atoms with E-state index in [1.165, 1.54) is 6.07 Å². The zero-order valence-corrected chi connectivity index (χ0v) is 11.6. The SMILES string of the molecule is CCOc1cccc(NC(C)c2ccc(O)cc2F)c1. The molecule has 0 aliphatic heterocycles. The number of benzene rings is 2. The topological polar surface area (TPSA) is 41.5 Å². The van der Waals surface area contributed by atoms with Crippen LogP contribution in [0.15, 0.2) is 42.5 Å². The fraction of sp³-hybridized carbons (Fsp3) is 0.250. The second-order valence-electron chi connectivity index (χ2n) is 4.53. The van der Waals surface area contributed by atoms with E-state index in [1.807, 2.05) is 38.1 Å². The standard InChI is InChI=1S/C16H18FNO2/c1-3-20-14-6-4-5-12(9-14)18-11(2)15-8-7-13(19)10-16(15)17/h4-11,18-19H,3H2,1-2H3. The highest BCUT2D eigenvalue weighted by atomic mass is 19.1. The molecule has 0 radical (unpaired) electrons. The third-order valence-electron chi connectivity index (χ3n) is 2.98. The van der Waals surface area contributed by atoms with Crippen molar-refractivity contribution in [2.75, 3.05) is 11.9 Å². The molecule has 0 amide bonds. The van der Waals surface area contributed by atoms with Gasteiger partial charge in [-0.1, -0.05) is 12.1 Å². The minimum Gasteiger partial charge on any atom is -0.508 e. The number of aromatic hydroxyl groups is 1. The van der Waals surface area contributed by atoms with Crippen LogP contribution in [0, 0.1) is 5.82 Å². The molecule has 0 saturated heterocycles. The lowest BCUT2D eigenvalue weighted by Gasteiger charge is -2.17. The van der Waals surface area contributed by atoms with E-state index in [9.17, 15) is 9.50 Å². The third kappa shape index (κ3) is 3.41. The summed E-state index contributed by atoms with van der Waals surface area (Å²) in [7, 11) is 0. The van der Waals surface area contributed by atoms with E-state index >= 15 is 0 Å². The first-order valence-electron chi connectivity index (χ1n) is 6.58. The summed E-state index contributed by atoms with van der Waals surface area (Å²) >= 11 is 0. The summed E-state index contributed by atoms with van der Waals surface area (Å²) in [6.45, 7) is 4.39. The average molecular weight is 275 g/mol. The van der Waals surface area contributed by atoms with Crippen molar-refractivity contribution in [3.63, 3.8) is 0 Å². The molecule has 2 rings (SSSR count). The van der Waals surface area contributed by atoms with Crippen LogP contribution < -0.4 is 10.1 Å². The van der Waals surface area contributed by atoms with Gasteiger partial charge in [0.1, 0.15) is 17.3 Å². The maximum atomic E-state index is 13.8. The number of rotatable bonds is 5. The van der Waals surface area contributed by atoms with E-state index in [2.05, 4.69) is 5.32 Å². The molecule has 2 N–H and O–H groups in total.